The summed E-state index contributed by atoms with van der Waals surface area (Å²) in [7, 11) is 1.75. The molecule has 4 rings (SSSR count). The zero-order chi connectivity index (χ0) is 22.5. The summed E-state index contributed by atoms with van der Waals surface area (Å²) in [6.07, 6.45) is 4.12. The van der Waals surface area contributed by atoms with Crippen LogP contribution in [0.1, 0.15) is 45.7 Å². The smallest absolute Gasteiger partial charge is 0.290 e. The molecule has 0 radical (unpaired) electrons. The zero-order valence-corrected chi connectivity index (χ0v) is 17.5. The van der Waals surface area contributed by atoms with Gasteiger partial charge in [-0.25, -0.2) is 4.39 Å². The first-order valence-electron chi connectivity index (χ1n) is 10.2. The van der Waals surface area contributed by atoms with Gasteiger partial charge in [-0.15, -0.1) is 0 Å². The summed E-state index contributed by atoms with van der Waals surface area (Å²) >= 11 is 0. The van der Waals surface area contributed by atoms with Crippen molar-refractivity contribution >= 4 is 18.3 Å². The van der Waals surface area contributed by atoms with Crippen LogP contribution in [0.5, 0.6) is 0 Å². The second kappa shape index (κ2) is 9.72. The molecule has 1 aliphatic heterocycles. The third kappa shape index (κ3) is 4.76. The predicted molar refractivity (Wildman–Crippen MR) is 109 cm³/mol. The number of carboxylic acid groups (broad SMARTS) is 1. The highest BCUT2D eigenvalue weighted by molar-refractivity contribution is 5.95. The standard InChI is InChI=1S/C21H24FN3O3.CH2O2/c1-13-18(11-23-28-13)21(27)25-8-7-14-9-16(10-15(14)12-25)24(2)20(26)17-5-3-4-6-19(17)22;2-1-3/h3-6,11,14-16H,7-10,12H2,1-2H3;1H,(H,2,3)/t14-,15-,16+;/m1./s1. The molecule has 166 valence electrons. The van der Waals surface area contributed by atoms with Gasteiger partial charge in [-0.2, -0.15) is 0 Å². The second-order valence-electron chi connectivity index (χ2n) is 7.98. The molecule has 1 aliphatic carbocycles. The van der Waals surface area contributed by atoms with Crippen molar-refractivity contribution in [1.29, 1.82) is 0 Å². The van der Waals surface area contributed by atoms with Crippen LogP contribution in [0.15, 0.2) is 35.0 Å². The van der Waals surface area contributed by atoms with E-state index in [1.165, 1.54) is 18.3 Å². The molecular formula is C22H26FN3O5. The molecule has 0 bridgehead atoms. The average molecular weight is 431 g/mol. The van der Waals surface area contributed by atoms with Crippen LogP contribution >= 0.6 is 0 Å². The molecule has 0 unspecified atom stereocenters. The minimum atomic E-state index is -0.490. The zero-order valence-electron chi connectivity index (χ0n) is 17.5. The lowest BCUT2D eigenvalue weighted by Gasteiger charge is -2.34. The van der Waals surface area contributed by atoms with Crippen LogP contribution in [-0.2, 0) is 4.79 Å². The number of hydrogen-bond acceptors (Lipinski definition) is 5. The highest BCUT2D eigenvalue weighted by Gasteiger charge is 2.42. The van der Waals surface area contributed by atoms with Crippen molar-refractivity contribution in [2.45, 2.75) is 32.2 Å². The van der Waals surface area contributed by atoms with Crippen molar-refractivity contribution in [3.05, 3.63) is 53.2 Å². The number of piperidine rings is 1. The number of aromatic nitrogens is 1. The van der Waals surface area contributed by atoms with Crippen molar-refractivity contribution in [2.75, 3.05) is 20.1 Å². The van der Waals surface area contributed by atoms with Crippen molar-refractivity contribution in [3.8, 4) is 0 Å². The normalized spacial score (nSPS) is 22.2. The number of fused-ring (bicyclic) bond motifs is 1. The number of amides is 2. The third-order valence-electron chi connectivity index (χ3n) is 6.28. The number of hydrogen-bond donors (Lipinski definition) is 1. The molecule has 1 saturated carbocycles. The number of nitrogens with zero attached hydrogens (tertiary/aromatic N) is 3. The Kier molecular flexibility index (Phi) is 7.04. The summed E-state index contributed by atoms with van der Waals surface area (Å²) in [5.74, 6) is 0.542. The molecular weight excluding hydrogens is 405 g/mol. The topological polar surface area (TPSA) is 104 Å². The summed E-state index contributed by atoms with van der Waals surface area (Å²) in [6.45, 7) is 2.86. The fourth-order valence-corrected chi connectivity index (χ4v) is 4.62. The summed E-state index contributed by atoms with van der Waals surface area (Å²) in [5.41, 5.74) is 0.624. The Labute approximate surface area is 179 Å². The number of likely N-dealkylation sites (tertiary alicyclic amines) is 1. The van der Waals surface area contributed by atoms with Gasteiger partial charge in [-0.05, 0) is 50.2 Å². The number of aryl methyl sites for hydroxylation is 1. The van der Waals surface area contributed by atoms with Crippen molar-refractivity contribution in [3.63, 3.8) is 0 Å². The number of benzene rings is 1. The van der Waals surface area contributed by atoms with Gasteiger partial charge in [0.15, 0.2) is 0 Å². The first-order valence-corrected chi connectivity index (χ1v) is 10.2. The van der Waals surface area contributed by atoms with Gasteiger partial charge in [0, 0.05) is 26.2 Å². The van der Waals surface area contributed by atoms with E-state index in [1.807, 2.05) is 4.90 Å². The minimum Gasteiger partial charge on any atom is -0.483 e. The molecule has 1 N–H and O–H groups in total. The Bertz CT molecular complexity index is 947. The summed E-state index contributed by atoms with van der Waals surface area (Å²) in [4.78, 5) is 37.4. The van der Waals surface area contributed by atoms with Crippen LogP contribution in [0, 0.1) is 24.6 Å². The Morgan fingerprint density at radius 2 is 1.94 bits per heavy atom. The van der Waals surface area contributed by atoms with Crippen LogP contribution < -0.4 is 0 Å². The quantitative estimate of drug-likeness (QED) is 0.750. The van der Waals surface area contributed by atoms with E-state index in [2.05, 4.69) is 5.16 Å². The summed E-state index contributed by atoms with van der Waals surface area (Å²) in [6, 6.07) is 6.16. The Hall–Kier alpha value is -3.23. The van der Waals surface area contributed by atoms with Gasteiger partial charge in [0.1, 0.15) is 17.1 Å². The van der Waals surface area contributed by atoms with Gasteiger partial charge < -0.3 is 19.4 Å². The van der Waals surface area contributed by atoms with E-state index in [4.69, 9.17) is 14.4 Å². The molecule has 31 heavy (non-hydrogen) atoms. The molecule has 3 atom stereocenters. The Balaban J connectivity index is 0.000000858. The first-order chi connectivity index (χ1) is 14.9. The first kappa shape index (κ1) is 22.5. The van der Waals surface area contributed by atoms with Crippen molar-refractivity contribution < 1.29 is 28.4 Å². The van der Waals surface area contributed by atoms with Gasteiger partial charge in [-0.1, -0.05) is 17.3 Å². The van der Waals surface area contributed by atoms with E-state index in [-0.39, 0.29) is 29.9 Å². The molecule has 8 nitrogen and oxygen atoms in total. The molecule has 2 aliphatic rings. The molecule has 2 fully saturated rings. The number of rotatable bonds is 3. The molecule has 1 saturated heterocycles. The van der Waals surface area contributed by atoms with Crippen LogP contribution in [0.3, 0.4) is 0 Å². The molecule has 0 spiro atoms. The van der Waals surface area contributed by atoms with Crippen molar-refractivity contribution in [1.82, 2.24) is 15.0 Å². The van der Waals surface area contributed by atoms with Crippen molar-refractivity contribution in [2.24, 2.45) is 11.8 Å². The minimum absolute atomic E-state index is 0.0450. The van der Waals surface area contributed by atoms with E-state index in [0.717, 1.165) is 19.3 Å². The maximum atomic E-state index is 14.0. The lowest BCUT2D eigenvalue weighted by atomic mass is 9.88. The maximum Gasteiger partial charge on any atom is 0.290 e. The second-order valence-corrected chi connectivity index (χ2v) is 7.98. The van der Waals surface area contributed by atoms with Gasteiger partial charge in [0.25, 0.3) is 18.3 Å². The fraction of sp³-hybridized carbons (Fsp3) is 0.455. The summed E-state index contributed by atoms with van der Waals surface area (Å²) < 4.78 is 19.0. The highest BCUT2D eigenvalue weighted by atomic mass is 19.1. The monoisotopic (exact) mass is 431 g/mol. The summed E-state index contributed by atoms with van der Waals surface area (Å²) in [5, 5.41) is 10.6. The van der Waals surface area contributed by atoms with E-state index in [9.17, 15) is 14.0 Å². The van der Waals surface area contributed by atoms with Crippen LogP contribution in [0.4, 0.5) is 4.39 Å². The van der Waals surface area contributed by atoms with E-state index in [1.54, 1.807) is 31.0 Å². The molecule has 2 heterocycles. The SMILES string of the molecule is Cc1oncc1C(=O)N1CC[C@@H]2C[C@H](N(C)C(=O)c3ccccc3F)C[C@@H]2C1.O=CO. The van der Waals surface area contributed by atoms with E-state index in [0.29, 0.717) is 36.2 Å². The van der Waals surface area contributed by atoms with Gasteiger partial charge >= 0.3 is 0 Å². The molecule has 1 aromatic heterocycles. The maximum absolute atomic E-state index is 14.0. The predicted octanol–water partition coefficient (Wildman–Crippen LogP) is 2.84. The van der Waals surface area contributed by atoms with Crippen LogP contribution in [0.2, 0.25) is 0 Å². The van der Waals surface area contributed by atoms with E-state index < -0.39 is 5.82 Å². The largest absolute Gasteiger partial charge is 0.483 e. The third-order valence-corrected chi connectivity index (χ3v) is 6.28. The van der Waals surface area contributed by atoms with Gasteiger partial charge in [0.2, 0.25) is 0 Å². The van der Waals surface area contributed by atoms with Crippen LogP contribution in [-0.4, -0.2) is 64.5 Å². The average Bonchev–Trinajstić information content (AvgIpc) is 3.38. The molecule has 2 aromatic rings. The Morgan fingerprint density at radius 3 is 2.58 bits per heavy atom. The van der Waals surface area contributed by atoms with Gasteiger partial charge in [0.05, 0.1) is 11.8 Å². The number of carbonyl (C=O) groups excluding carboxylic acids is 2. The molecule has 2 amide bonds. The lowest BCUT2D eigenvalue weighted by molar-refractivity contribution is -0.122. The number of halogens is 1. The van der Waals surface area contributed by atoms with Crippen LogP contribution in [0.25, 0.3) is 0 Å². The molecule has 1 aromatic carbocycles. The lowest BCUT2D eigenvalue weighted by Crippen LogP contribution is -2.42. The fourth-order valence-electron chi connectivity index (χ4n) is 4.62. The molecule has 9 heteroatoms. The number of carbonyl (C=O) groups is 3. The highest BCUT2D eigenvalue weighted by Crippen LogP contribution is 2.40. The Morgan fingerprint density at radius 1 is 1.26 bits per heavy atom. The van der Waals surface area contributed by atoms with E-state index >= 15 is 0 Å². The van der Waals surface area contributed by atoms with Gasteiger partial charge in [-0.3, -0.25) is 14.4 Å².